The molecule has 1 fully saturated rings. The molecule has 5 nitrogen and oxygen atoms in total. The van der Waals surface area contributed by atoms with Gasteiger partial charge in [-0.3, -0.25) is 0 Å². The summed E-state index contributed by atoms with van der Waals surface area (Å²) >= 11 is 0. The number of carbonyl (C=O) groups is 1. The number of nitrogens with one attached hydrogen (secondary N) is 2. The molecule has 2 amide bonds. The second-order valence-electron chi connectivity index (χ2n) is 6.69. The number of carbonyl (C=O) groups excluding carboxylic acids is 1. The van der Waals surface area contributed by atoms with Gasteiger partial charge >= 0.3 is 6.03 Å². The van der Waals surface area contributed by atoms with Crippen molar-refractivity contribution in [1.82, 2.24) is 10.6 Å². The van der Waals surface area contributed by atoms with E-state index in [2.05, 4.69) is 27.7 Å². The van der Waals surface area contributed by atoms with Gasteiger partial charge in [0.1, 0.15) is 0 Å². The van der Waals surface area contributed by atoms with Crippen LogP contribution in [-0.4, -0.2) is 42.4 Å². The summed E-state index contributed by atoms with van der Waals surface area (Å²) in [7, 11) is 0. The fraction of sp³-hybridized carbons (Fsp3) is 0.611. The van der Waals surface area contributed by atoms with Gasteiger partial charge in [-0.2, -0.15) is 0 Å². The van der Waals surface area contributed by atoms with E-state index in [1.807, 2.05) is 32.0 Å². The van der Waals surface area contributed by atoms with Crippen molar-refractivity contribution >= 4 is 11.7 Å². The Hall–Kier alpha value is -1.75. The second-order valence-corrected chi connectivity index (χ2v) is 6.69. The van der Waals surface area contributed by atoms with Crippen molar-refractivity contribution in [3.05, 3.63) is 30.3 Å². The first-order valence-electron chi connectivity index (χ1n) is 8.56. The first-order chi connectivity index (χ1) is 11.1. The van der Waals surface area contributed by atoms with Crippen molar-refractivity contribution in [3.63, 3.8) is 0 Å². The van der Waals surface area contributed by atoms with E-state index in [0.717, 1.165) is 38.8 Å². The van der Waals surface area contributed by atoms with Crippen LogP contribution < -0.4 is 15.5 Å². The maximum atomic E-state index is 12.3. The number of aliphatic hydroxyl groups excluding tert-OH is 1. The summed E-state index contributed by atoms with van der Waals surface area (Å²) in [4.78, 5) is 14.6. The quantitative estimate of drug-likeness (QED) is 0.755. The Morgan fingerprint density at radius 1 is 1.39 bits per heavy atom. The fourth-order valence-corrected chi connectivity index (χ4v) is 3.20. The van der Waals surface area contributed by atoms with Gasteiger partial charge in [-0.15, -0.1) is 0 Å². The van der Waals surface area contributed by atoms with E-state index < -0.39 is 5.54 Å². The highest BCUT2D eigenvalue weighted by Crippen LogP contribution is 2.19. The highest BCUT2D eigenvalue weighted by Gasteiger charge is 2.27. The van der Waals surface area contributed by atoms with Gasteiger partial charge in [0, 0.05) is 24.8 Å². The van der Waals surface area contributed by atoms with E-state index in [4.69, 9.17) is 0 Å². The van der Waals surface area contributed by atoms with Crippen molar-refractivity contribution in [2.45, 2.75) is 51.1 Å². The smallest absolute Gasteiger partial charge is 0.315 e. The lowest BCUT2D eigenvalue weighted by molar-refractivity contribution is 0.161. The van der Waals surface area contributed by atoms with Crippen molar-refractivity contribution in [2.24, 2.45) is 0 Å². The minimum Gasteiger partial charge on any atom is -0.394 e. The SMILES string of the molecule is CCCC(C)(CO)NC(=O)NC1CCCN(c2ccccc2)C1. The van der Waals surface area contributed by atoms with Crippen LogP contribution in [0.5, 0.6) is 0 Å². The molecule has 2 rings (SSSR count). The molecule has 1 aliphatic heterocycles. The summed E-state index contributed by atoms with van der Waals surface area (Å²) in [5, 5.41) is 15.5. The summed E-state index contributed by atoms with van der Waals surface area (Å²) in [5.74, 6) is 0. The number of benzene rings is 1. The van der Waals surface area contributed by atoms with Gasteiger partial charge in [0.25, 0.3) is 0 Å². The minimum absolute atomic E-state index is 0.0466. The summed E-state index contributed by atoms with van der Waals surface area (Å²) in [6.07, 6.45) is 3.73. The topological polar surface area (TPSA) is 64.6 Å². The highest BCUT2D eigenvalue weighted by atomic mass is 16.3. The summed E-state index contributed by atoms with van der Waals surface area (Å²) in [6.45, 7) is 5.73. The Morgan fingerprint density at radius 3 is 2.78 bits per heavy atom. The molecule has 3 N–H and O–H groups in total. The molecule has 1 aromatic rings. The van der Waals surface area contributed by atoms with Crippen LogP contribution in [-0.2, 0) is 0 Å². The van der Waals surface area contributed by atoms with Crippen LogP contribution in [0.3, 0.4) is 0 Å². The zero-order valence-electron chi connectivity index (χ0n) is 14.2. The van der Waals surface area contributed by atoms with Crippen LogP contribution in [0.15, 0.2) is 30.3 Å². The number of amides is 2. The number of piperidine rings is 1. The Morgan fingerprint density at radius 2 is 2.13 bits per heavy atom. The molecule has 0 bridgehead atoms. The molecule has 0 radical (unpaired) electrons. The molecular weight excluding hydrogens is 290 g/mol. The maximum absolute atomic E-state index is 12.3. The van der Waals surface area contributed by atoms with Gasteiger partial charge in [-0.05, 0) is 38.3 Å². The van der Waals surface area contributed by atoms with E-state index in [0.29, 0.717) is 0 Å². The van der Waals surface area contributed by atoms with Crippen LogP contribution in [0, 0.1) is 0 Å². The average molecular weight is 319 g/mol. The van der Waals surface area contributed by atoms with Gasteiger partial charge in [0.2, 0.25) is 0 Å². The molecule has 1 aromatic carbocycles. The van der Waals surface area contributed by atoms with E-state index in [1.54, 1.807) is 0 Å². The lowest BCUT2D eigenvalue weighted by Gasteiger charge is -2.36. The summed E-state index contributed by atoms with van der Waals surface area (Å²) in [6, 6.07) is 10.2. The Balaban J connectivity index is 1.88. The summed E-state index contributed by atoms with van der Waals surface area (Å²) in [5.41, 5.74) is 0.651. The Bertz CT molecular complexity index is 494. The van der Waals surface area contributed by atoms with E-state index >= 15 is 0 Å². The van der Waals surface area contributed by atoms with Crippen LogP contribution in [0.25, 0.3) is 0 Å². The van der Waals surface area contributed by atoms with Gasteiger partial charge in [0.15, 0.2) is 0 Å². The molecule has 2 unspecified atom stereocenters. The molecule has 128 valence electrons. The molecule has 0 saturated carbocycles. The van der Waals surface area contributed by atoms with Crippen LogP contribution in [0.2, 0.25) is 0 Å². The fourth-order valence-electron chi connectivity index (χ4n) is 3.20. The zero-order chi connectivity index (χ0) is 16.7. The summed E-state index contributed by atoms with van der Waals surface area (Å²) < 4.78 is 0. The largest absolute Gasteiger partial charge is 0.394 e. The van der Waals surface area contributed by atoms with Crippen molar-refractivity contribution in [3.8, 4) is 0 Å². The third kappa shape index (κ3) is 5.13. The van der Waals surface area contributed by atoms with Crippen molar-refractivity contribution in [2.75, 3.05) is 24.6 Å². The van der Waals surface area contributed by atoms with E-state index in [-0.39, 0.29) is 18.7 Å². The monoisotopic (exact) mass is 319 g/mol. The average Bonchev–Trinajstić information content (AvgIpc) is 2.56. The molecule has 0 aromatic heterocycles. The number of hydrogen-bond donors (Lipinski definition) is 3. The molecule has 0 aliphatic carbocycles. The third-order valence-corrected chi connectivity index (χ3v) is 4.44. The number of nitrogens with zero attached hydrogens (tertiary/aromatic N) is 1. The minimum atomic E-state index is -0.549. The zero-order valence-corrected chi connectivity index (χ0v) is 14.2. The second kappa shape index (κ2) is 8.20. The normalized spacial score (nSPS) is 20.7. The first kappa shape index (κ1) is 17.6. The number of urea groups is 1. The Labute approximate surface area is 139 Å². The maximum Gasteiger partial charge on any atom is 0.315 e. The van der Waals surface area contributed by atoms with Gasteiger partial charge in [-0.1, -0.05) is 31.5 Å². The van der Waals surface area contributed by atoms with E-state index in [9.17, 15) is 9.90 Å². The number of aliphatic hydroxyl groups is 1. The molecular formula is C18H29N3O2. The lowest BCUT2D eigenvalue weighted by Crippen LogP contribution is -2.56. The van der Waals surface area contributed by atoms with E-state index in [1.165, 1.54) is 5.69 Å². The molecule has 23 heavy (non-hydrogen) atoms. The number of hydrogen-bond acceptors (Lipinski definition) is 3. The van der Waals surface area contributed by atoms with Crippen LogP contribution in [0.4, 0.5) is 10.5 Å². The van der Waals surface area contributed by atoms with Gasteiger partial charge in [-0.25, -0.2) is 4.79 Å². The predicted octanol–water partition coefficient (Wildman–Crippen LogP) is 2.51. The number of para-hydroxylation sites is 1. The molecule has 5 heteroatoms. The molecule has 1 aliphatic rings. The van der Waals surface area contributed by atoms with Gasteiger partial charge in [0.05, 0.1) is 12.1 Å². The Kier molecular flexibility index (Phi) is 6.28. The molecule has 1 heterocycles. The predicted molar refractivity (Wildman–Crippen MR) is 93.7 cm³/mol. The van der Waals surface area contributed by atoms with Crippen LogP contribution in [0.1, 0.15) is 39.5 Å². The highest BCUT2D eigenvalue weighted by molar-refractivity contribution is 5.75. The molecule has 2 atom stereocenters. The lowest BCUT2D eigenvalue weighted by atomic mass is 9.97. The standard InChI is InChI=1S/C18H29N3O2/c1-3-11-18(2,14-22)20-17(23)19-15-8-7-12-21(13-15)16-9-5-4-6-10-16/h4-6,9-10,15,22H,3,7-8,11-14H2,1-2H3,(H2,19,20,23). The number of anilines is 1. The first-order valence-corrected chi connectivity index (χ1v) is 8.56. The van der Waals surface area contributed by atoms with Crippen LogP contribution >= 0.6 is 0 Å². The third-order valence-electron chi connectivity index (χ3n) is 4.44. The molecule has 1 saturated heterocycles. The number of rotatable bonds is 6. The van der Waals surface area contributed by atoms with Crippen molar-refractivity contribution in [1.29, 1.82) is 0 Å². The molecule has 0 spiro atoms. The van der Waals surface area contributed by atoms with Crippen molar-refractivity contribution < 1.29 is 9.90 Å². The van der Waals surface area contributed by atoms with Gasteiger partial charge < -0.3 is 20.6 Å².